The second-order valence-corrected chi connectivity index (χ2v) is 9.19. The van der Waals surface area contributed by atoms with E-state index in [1.54, 1.807) is 26.0 Å². The number of carboxylic acids is 1. The van der Waals surface area contributed by atoms with Crippen LogP contribution in [0.25, 0.3) is 0 Å². The van der Waals surface area contributed by atoms with Crippen molar-refractivity contribution in [2.45, 2.75) is 45.2 Å². The van der Waals surface area contributed by atoms with Crippen molar-refractivity contribution in [3.05, 3.63) is 52.0 Å². The van der Waals surface area contributed by atoms with Crippen LogP contribution in [-0.2, 0) is 15.0 Å². The van der Waals surface area contributed by atoms with Crippen LogP contribution in [-0.4, -0.2) is 23.2 Å². The number of hydrogen-bond acceptors (Lipinski definition) is 2. The third-order valence-electron chi connectivity index (χ3n) is 5.51. The quantitative estimate of drug-likeness (QED) is 0.468. The predicted octanol–water partition coefficient (Wildman–Crippen LogP) is 6.54. The Balaban J connectivity index is 2.36. The summed E-state index contributed by atoms with van der Waals surface area (Å²) in [7, 11) is 0. The van der Waals surface area contributed by atoms with E-state index < -0.39 is 41.2 Å². The van der Waals surface area contributed by atoms with Crippen molar-refractivity contribution in [3.8, 4) is 0 Å². The summed E-state index contributed by atoms with van der Waals surface area (Å²) < 4.78 is 40.6. The number of aliphatic carboxylic acids is 1. The van der Waals surface area contributed by atoms with Crippen molar-refractivity contribution < 1.29 is 27.9 Å². The van der Waals surface area contributed by atoms with Gasteiger partial charge in [-0.15, -0.1) is 0 Å². The standard InChI is InChI=1S/C22H24Cl2F3NO3/c1-12(22(25,26)27)19(13-4-7-15(23)8-5-13)20(31)28-17-10-14(6-9-16(17)24)21(2,3)11-18(29)30/h4,6-10,12-13,19H,5,11H2,1-3H3,(H,28,31)(H,29,30)/t12-,13?,19+/m1/s1. The molecule has 1 aromatic carbocycles. The van der Waals surface area contributed by atoms with E-state index in [2.05, 4.69) is 5.32 Å². The summed E-state index contributed by atoms with van der Waals surface area (Å²) in [5.41, 5.74) is -0.0555. The number of allylic oxidation sites excluding steroid dienone is 4. The number of benzene rings is 1. The Morgan fingerprint density at radius 3 is 2.42 bits per heavy atom. The Labute approximate surface area is 189 Å². The summed E-state index contributed by atoms with van der Waals surface area (Å²) in [6.07, 6.45) is 0.0421. The first-order chi connectivity index (χ1) is 14.2. The molecule has 4 nitrogen and oxygen atoms in total. The van der Waals surface area contributed by atoms with Crippen LogP contribution in [0.3, 0.4) is 0 Å². The van der Waals surface area contributed by atoms with E-state index in [1.165, 1.54) is 24.3 Å². The number of rotatable bonds is 7. The van der Waals surface area contributed by atoms with E-state index >= 15 is 0 Å². The smallest absolute Gasteiger partial charge is 0.392 e. The molecule has 31 heavy (non-hydrogen) atoms. The van der Waals surface area contributed by atoms with Crippen molar-refractivity contribution in [3.63, 3.8) is 0 Å². The first kappa shape index (κ1) is 25.3. The molecular weight excluding hydrogens is 454 g/mol. The van der Waals surface area contributed by atoms with Gasteiger partial charge in [-0.3, -0.25) is 9.59 Å². The van der Waals surface area contributed by atoms with Crippen molar-refractivity contribution in [1.29, 1.82) is 0 Å². The van der Waals surface area contributed by atoms with Crippen LogP contribution in [0.1, 0.15) is 39.2 Å². The summed E-state index contributed by atoms with van der Waals surface area (Å²) in [6.45, 7) is 4.41. The molecular formula is C22H24Cl2F3NO3. The molecule has 0 aliphatic heterocycles. The van der Waals surface area contributed by atoms with Crippen LogP contribution in [0.4, 0.5) is 18.9 Å². The van der Waals surface area contributed by atoms with Gasteiger partial charge in [0.25, 0.3) is 0 Å². The first-order valence-corrected chi connectivity index (χ1v) is 10.4. The van der Waals surface area contributed by atoms with Gasteiger partial charge in [0.05, 0.1) is 29.0 Å². The number of amides is 1. The largest absolute Gasteiger partial charge is 0.481 e. The lowest BCUT2D eigenvalue weighted by Crippen LogP contribution is -2.40. The number of alkyl halides is 3. The summed E-state index contributed by atoms with van der Waals surface area (Å²) in [5.74, 6) is -5.81. The number of nitrogens with one attached hydrogen (secondary N) is 1. The predicted molar refractivity (Wildman–Crippen MR) is 115 cm³/mol. The van der Waals surface area contributed by atoms with Crippen molar-refractivity contribution in [1.82, 2.24) is 0 Å². The number of hydrogen-bond donors (Lipinski definition) is 2. The van der Waals surface area contributed by atoms with Gasteiger partial charge in [0.15, 0.2) is 0 Å². The molecule has 3 atom stereocenters. The Bertz CT molecular complexity index is 910. The monoisotopic (exact) mass is 477 g/mol. The minimum absolute atomic E-state index is 0.135. The van der Waals surface area contributed by atoms with Crippen molar-refractivity contribution in [2.24, 2.45) is 17.8 Å². The lowest BCUT2D eigenvalue weighted by Gasteiger charge is -2.31. The van der Waals surface area contributed by atoms with Gasteiger partial charge in [-0.25, -0.2) is 0 Å². The molecule has 0 radical (unpaired) electrons. The second kappa shape index (κ2) is 9.65. The highest BCUT2D eigenvalue weighted by atomic mass is 35.5. The SMILES string of the molecule is C[C@H]([C@H](C(=O)Nc1cc(C(C)(C)CC(=O)O)ccc1Cl)C1C=CC(Cl)=CC1)C(F)(F)F. The third kappa shape index (κ3) is 6.50. The second-order valence-electron chi connectivity index (χ2n) is 8.34. The van der Waals surface area contributed by atoms with Crippen molar-refractivity contribution in [2.75, 3.05) is 5.32 Å². The van der Waals surface area contributed by atoms with Gasteiger partial charge in [0.1, 0.15) is 0 Å². The Kier molecular flexibility index (Phi) is 7.87. The fraction of sp³-hybridized carbons (Fsp3) is 0.455. The normalized spacial score (nSPS) is 18.8. The van der Waals surface area contributed by atoms with Crippen LogP contribution in [0.2, 0.25) is 5.02 Å². The lowest BCUT2D eigenvalue weighted by molar-refractivity contribution is -0.188. The summed E-state index contributed by atoms with van der Waals surface area (Å²) >= 11 is 12.1. The highest BCUT2D eigenvalue weighted by Crippen LogP contribution is 2.40. The van der Waals surface area contributed by atoms with E-state index in [0.29, 0.717) is 10.6 Å². The van der Waals surface area contributed by atoms with E-state index in [4.69, 9.17) is 28.3 Å². The number of carbonyl (C=O) groups is 2. The van der Waals surface area contributed by atoms with Crippen molar-refractivity contribution >= 4 is 40.8 Å². The summed E-state index contributed by atoms with van der Waals surface area (Å²) in [6, 6.07) is 4.63. The summed E-state index contributed by atoms with van der Waals surface area (Å²) in [4.78, 5) is 24.2. The van der Waals surface area contributed by atoms with Crippen LogP contribution >= 0.6 is 23.2 Å². The third-order valence-corrected chi connectivity index (χ3v) is 6.12. The van der Waals surface area contributed by atoms with E-state index in [-0.39, 0.29) is 23.6 Å². The number of halogens is 5. The molecule has 1 amide bonds. The van der Waals surface area contributed by atoms with Crippen LogP contribution in [0.5, 0.6) is 0 Å². The molecule has 0 saturated carbocycles. The molecule has 2 N–H and O–H groups in total. The number of anilines is 1. The molecule has 0 aromatic heterocycles. The zero-order valence-electron chi connectivity index (χ0n) is 17.3. The number of carboxylic acid groups (broad SMARTS) is 1. The topological polar surface area (TPSA) is 66.4 Å². The Morgan fingerprint density at radius 2 is 1.90 bits per heavy atom. The molecule has 0 saturated heterocycles. The molecule has 1 aliphatic carbocycles. The molecule has 1 unspecified atom stereocenters. The fourth-order valence-corrected chi connectivity index (χ4v) is 3.94. The molecule has 0 bridgehead atoms. The van der Waals surface area contributed by atoms with Gasteiger partial charge >= 0.3 is 12.1 Å². The molecule has 2 rings (SSSR count). The summed E-state index contributed by atoms with van der Waals surface area (Å²) in [5, 5.41) is 12.2. The molecule has 9 heteroatoms. The van der Waals surface area contributed by atoms with E-state index in [0.717, 1.165) is 6.92 Å². The van der Waals surface area contributed by atoms with Crippen LogP contribution in [0.15, 0.2) is 41.5 Å². The molecule has 0 heterocycles. The highest BCUT2D eigenvalue weighted by Gasteiger charge is 2.47. The maximum Gasteiger partial charge on any atom is 0.392 e. The Hall–Kier alpha value is -1.99. The van der Waals surface area contributed by atoms with Gasteiger partial charge in [-0.05, 0) is 36.1 Å². The van der Waals surface area contributed by atoms with E-state index in [9.17, 15) is 22.8 Å². The minimum atomic E-state index is -4.57. The van der Waals surface area contributed by atoms with Gasteiger partial charge in [0, 0.05) is 10.4 Å². The van der Waals surface area contributed by atoms with Gasteiger partial charge < -0.3 is 10.4 Å². The molecule has 170 valence electrons. The average molecular weight is 478 g/mol. The first-order valence-electron chi connectivity index (χ1n) is 9.65. The lowest BCUT2D eigenvalue weighted by atomic mass is 9.78. The zero-order valence-corrected chi connectivity index (χ0v) is 18.8. The molecule has 0 spiro atoms. The number of carbonyl (C=O) groups excluding carboxylic acids is 1. The minimum Gasteiger partial charge on any atom is -0.481 e. The molecule has 1 aliphatic rings. The van der Waals surface area contributed by atoms with Crippen LogP contribution < -0.4 is 5.32 Å². The van der Waals surface area contributed by atoms with E-state index in [1.807, 2.05) is 0 Å². The maximum absolute atomic E-state index is 13.5. The van der Waals surface area contributed by atoms with Gasteiger partial charge in [-0.1, -0.05) is 62.2 Å². The zero-order chi connectivity index (χ0) is 23.6. The van der Waals surface area contributed by atoms with Gasteiger partial charge in [-0.2, -0.15) is 13.2 Å². The maximum atomic E-state index is 13.5. The Morgan fingerprint density at radius 1 is 1.26 bits per heavy atom. The fourth-order valence-electron chi connectivity index (χ4n) is 3.61. The molecule has 0 fully saturated rings. The van der Waals surface area contributed by atoms with Gasteiger partial charge in [0.2, 0.25) is 5.91 Å². The van der Waals surface area contributed by atoms with Crippen LogP contribution in [0, 0.1) is 17.8 Å². The highest BCUT2D eigenvalue weighted by molar-refractivity contribution is 6.33. The molecule has 1 aromatic rings. The average Bonchev–Trinajstić information content (AvgIpc) is 2.63.